The number of β-amino-alcohol motifs (C(OH)–C–C–N with tert-alkyl or cyclic N) is 1. The quantitative estimate of drug-likeness (QED) is 0.860. The summed E-state index contributed by atoms with van der Waals surface area (Å²) < 4.78 is 5.57. The lowest BCUT2D eigenvalue weighted by atomic mass is 9.90. The van der Waals surface area contributed by atoms with Crippen molar-refractivity contribution < 1.29 is 14.6 Å². The zero-order valence-corrected chi connectivity index (χ0v) is 15.4. The number of carbonyl (C=O) groups excluding carboxylic acids is 1. The zero-order chi connectivity index (χ0) is 17.8. The van der Waals surface area contributed by atoms with E-state index < -0.39 is 6.10 Å². The molecule has 2 fully saturated rings. The minimum atomic E-state index is -0.514. The van der Waals surface area contributed by atoms with Crippen molar-refractivity contribution in [1.29, 1.82) is 0 Å². The summed E-state index contributed by atoms with van der Waals surface area (Å²) in [6.07, 6.45) is 4.41. The van der Waals surface area contributed by atoms with Crippen molar-refractivity contribution in [2.24, 2.45) is 0 Å². The number of carbonyl (C=O) groups is 1. The van der Waals surface area contributed by atoms with Crippen LogP contribution < -0.4 is 4.74 Å². The number of hydrogen-bond acceptors (Lipinski definition) is 4. The first-order valence-electron chi connectivity index (χ1n) is 9.44. The monoisotopic (exact) mass is 346 g/mol. The van der Waals surface area contributed by atoms with Crippen molar-refractivity contribution in [3.63, 3.8) is 0 Å². The van der Waals surface area contributed by atoms with Crippen LogP contribution in [-0.4, -0.2) is 59.7 Å². The fourth-order valence-corrected chi connectivity index (χ4v) is 4.28. The smallest absolute Gasteiger partial charge is 0.222 e. The molecule has 25 heavy (non-hydrogen) atoms. The third kappa shape index (κ3) is 4.15. The van der Waals surface area contributed by atoms with Crippen LogP contribution in [0.4, 0.5) is 0 Å². The second-order valence-electron chi connectivity index (χ2n) is 7.33. The van der Waals surface area contributed by atoms with Crippen molar-refractivity contribution in [3.8, 4) is 5.75 Å². The van der Waals surface area contributed by atoms with Crippen molar-refractivity contribution in [1.82, 2.24) is 9.80 Å². The number of rotatable bonds is 6. The molecule has 2 aliphatic rings. The lowest BCUT2D eigenvalue weighted by molar-refractivity contribution is -0.129. The summed E-state index contributed by atoms with van der Waals surface area (Å²) in [7, 11) is 1.71. The van der Waals surface area contributed by atoms with Gasteiger partial charge < -0.3 is 14.7 Å². The van der Waals surface area contributed by atoms with E-state index >= 15 is 0 Å². The molecular formula is C20H30N2O3. The first-order chi connectivity index (χ1) is 12.1. The van der Waals surface area contributed by atoms with Crippen LogP contribution >= 0.6 is 0 Å². The predicted molar refractivity (Wildman–Crippen MR) is 97.6 cm³/mol. The average molecular weight is 346 g/mol. The summed E-state index contributed by atoms with van der Waals surface area (Å²) in [6.45, 7) is 4.05. The Labute approximate surface area is 150 Å². The summed E-state index contributed by atoms with van der Waals surface area (Å²) in [5, 5.41) is 10.6. The lowest BCUT2D eigenvalue weighted by Crippen LogP contribution is -2.47. The Balaban J connectivity index is 1.72. The first-order valence-corrected chi connectivity index (χ1v) is 9.44. The van der Waals surface area contributed by atoms with Gasteiger partial charge in [-0.15, -0.1) is 0 Å². The summed E-state index contributed by atoms with van der Waals surface area (Å²) in [5.74, 6) is 1.09. The van der Waals surface area contributed by atoms with E-state index in [1.165, 1.54) is 12.0 Å². The van der Waals surface area contributed by atoms with Crippen LogP contribution in [0.15, 0.2) is 24.3 Å². The van der Waals surface area contributed by atoms with Crippen molar-refractivity contribution in [2.45, 2.75) is 57.2 Å². The molecule has 0 aliphatic carbocycles. The number of aliphatic hydroxyl groups excluding tert-OH is 1. The highest BCUT2D eigenvalue weighted by atomic mass is 16.5. The fraction of sp³-hybridized carbons (Fsp3) is 0.650. The van der Waals surface area contributed by atoms with Crippen molar-refractivity contribution >= 4 is 5.91 Å². The standard InChI is InChI=1S/C20H30N2O3/c1-15-7-5-9-18(17-8-3-4-10-19(17)25-2)22(15)14-16(23)13-21-12-6-11-20(21)24/h3-4,8,10,15-16,18,23H,5-7,9,11-14H2,1-2H3/t15-,16+,18-/m1/s1. The largest absolute Gasteiger partial charge is 0.496 e. The number of likely N-dealkylation sites (tertiary alicyclic amines) is 2. The highest BCUT2D eigenvalue weighted by Crippen LogP contribution is 2.38. The molecule has 5 nitrogen and oxygen atoms in total. The van der Waals surface area contributed by atoms with Gasteiger partial charge in [-0.1, -0.05) is 24.6 Å². The van der Waals surface area contributed by atoms with Gasteiger partial charge in [-0.3, -0.25) is 9.69 Å². The highest BCUT2D eigenvalue weighted by molar-refractivity contribution is 5.78. The SMILES string of the molecule is COc1ccccc1[C@H]1CCC[C@@H](C)N1C[C@@H](O)CN1CCCC1=O. The number of amides is 1. The summed E-state index contributed by atoms with van der Waals surface area (Å²) in [4.78, 5) is 16.0. The highest BCUT2D eigenvalue weighted by Gasteiger charge is 2.33. The first kappa shape index (κ1) is 18.2. The van der Waals surface area contributed by atoms with Gasteiger partial charge >= 0.3 is 0 Å². The zero-order valence-electron chi connectivity index (χ0n) is 15.4. The van der Waals surface area contributed by atoms with Crippen LogP contribution in [0.1, 0.15) is 50.6 Å². The van der Waals surface area contributed by atoms with Gasteiger partial charge in [0.05, 0.1) is 13.2 Å². The molecule has 0 radical (unpaired) electrons. The van der Waals surface area contributed by atoms with E-state index in [9.17, 15) is 9.90 Å². The van der Waals surface area contributed by atoms with E-state index in [0.717, 1.165) is 31.6 Å². The lowest BCUT2D eigenvalue weighted by Gasteiger charge is -2.42. The molecule has 0 bridgehead atoms. The molecule has 3 atom stereocenters. The number of methoxy groups -OCH3 is 1. The summed E-state index contributed by atoms with van der Waals surface area (Å²) in [5.41, 5.74) is 1.20. The molecule has 1 amide bonds. The number of piperidine rings is 1. The number of para-hydroxylation sites is 1. The maximum Gasteiger partial charge on any atom is 0.222 e. The third-order valence-electron chi connectivity index (χ3n) is 5.59. The minimum absolute atomic E-state index is 0.173. The summed E-state index contributed by atoms with van der Waals surface area (Å²) >= 11 is 0. The Morgan fingerprint density at radius 2 is 2.04 bits per heavy atom. The van der Waals surface area contributed by atoms with E-state index in [0.29, 0.717) is 25.6 Å². The molecule has 1 aromatic rings. The molecular weight excluding hydrogens is 316 g/mol. The molecule has 1 aromatic carbocycles. The second-order valence-corrected chi connectivity index (χ2v) is 7.33. The Morgan fingerprint density at radius 3 is 2.76 bits per heavy atom. The Morgan fingerprint density at radius 1 is 1.24 bits per heavy atom. The van der Waals surface area contributed by atoms with Gasteiger partial charge in [-0.25, -0.2) is 0 Å². The molecule has 5 heteroatoms. The van der Waals surface area contributed by atoms with E-state index in [1.807, 2.05) is 12.1 Å². The molecule has 0 saturated carbocycles. The molecule has 2 heterocycles. The van der Waals surface area contributed by atoms with Gasteiger partial charge in [-0.05, 0) is 32.3 Å². The Kier molecular flexibility index (Phi) is 5.97. The van der Waals surface area contributed by atoms with Gasteiger partial charge in [-0.2, -0.15) is 0 Å². The van der Waals surface area contributed by atoms with E-state index in [4.69, 9.17) is 4.74 Å². The van der Waals surface area contributed by atoms with Crippen molar-refractivity contribution in [3.05, 3.63) is 29.8 Å². The molecule has 0 spiro atoms. The van der Waals surface area contributed by atoms with E-state index in [-0.39, 0.29) is 11.9 Å². The number of benzene rings is 1. The molecule has 0 aromatic heterocycles. The predicted octanol–water partition coefficient (Wildman–Crippen LogP) is 2.59. The topological polar surface area (TPSA) is 53.0 Å². The molecule has 2 saturated heterocycles. The van der Waals surface area contributed by atoms with Crippen LogP contribution in [0.25, 0.3) is 0 Å². The van der Waals surface area contributed by atoms with Crippen LogP contribution in [0, 0.1) is 0 Å². The second kappa shape index (κ2) is 8.19. The molecule has 2 aliphatic heterocycles. The summed E-state index contributed by atoms with van der Waals surface area (Å²) in [6, 6.07) is 8.84. The minimum Gasteiger partial charge on any atom is -0.496 e. The molecule has 1 N–H and O–H groups in total. The van der Waals surface area contributed by atoms with Crippen LogP contribution in [0.5, 0.6) is 5.75 Å². The van der Waals surface area contributed by atoms with Gasteiger partial charge in [0.15, 0.2) is 0 Å². The van der Waals surface area contributed by atoms with Crippen LogP contribution in [-0.2, 0) is 4.79 Å². The van der Waals surface area contributed by atoms with Gasteiger partial charge in [0.25, 0.3) is 0 Å². The number of hydrogen-bond donors (Lipinski definition) is 1. The molecule has 3 rings (SSSR count). The number of nitrogens with zero attached hydrogens (tertiary/aromatic N) is 2. The van der Waals surface area contributed by atoms with Crippen molar-refractivity contribution in [2.75, 3.05) is 26.7 Å². The van der Waals surface area contributed by atoms with Crippen LogP contribution in [0.2, 0.25) is 0 Å². The Hall–Kier alpha value is -1.59. The third-order valence-corrected chi connectivity index (χ3v) is 5.59. The van der Waals surface area contributed by atoms with E-state index in [1.54, 1.807) is 12.0 Å². The molecule has 138 valence electrons. The normalized spacial score (nSPS) is 26.0. The van der Waals surface area contributed by atoms with Gasteiger partial charge in [0, 0.05) is 43.7 Å². The maximum atomic E-state index is 11.8. The maximum absolute atomic E-state index is 11.8. The van der Waals surface area contributed by atoms with Gasteiger partial charge in [0.1, 0.15) is 5.75 Å². The average Bonchev–Trinajstić information content (AvgIpc) is 3.01. The molecule has 0 unspecified atom stereocenters. The van der Waals surface area contributed by atoms with Gasteiger partial charge in [0.2, 0.25) is 5.91 Å². The fourth-order valence-electron chi connectivity index (χ4n) is 4.28. The van der Waals surface area contributed by atoms with Crippen LogP contribution in [0.3, 0.4) is 0 Å². The number of ether oxygens (including phenoxy) is 1. The number of aliphatic hydroxyl groups is 1. The Bertz CT molecular complexity index is 592. The van der Waals surface area contributed by atoms with E-state index in [2.05, 4.69) is 24.0 Å².